The van der Waals surface area contributed by atoms with Crippen LogP contribution in [0.1, 0.15) is 17.2 Å². The third-order valence-electron chi connectivity index (χ3n) is 2.60. The maximum atomic E-state index is 10.3. The molecule has 2 rings (SSSR count). The average molecular weight is 234 g/mol. The highest BCUT2D eigenvalue weighted by Gasteiger charge is 2.20. The number of furan rings is 1. The van der Waals surface area contributed by atoms with Gasteiger partial charge in [0.05, 0.1) is 32.3 Å². The molecule has 1 unspecified atom stereocenters. The molecule has 0 radical (unpaired) electrons. The summed E-state index contributed by atoms with van der Waals surface area (Å²) in [5.74, 6) is 1.16. The topological polar surface area (TPSA) is 51.8 Å². The van der Waals surface area contributed by atoms with Gasteiger partial charge in [-0.15, -0.1) is 0 Å². The summed E-state index contributed by atoms with van der Waals surface area (Å²) in [5.41, 5.74) is 1.26. The van der Waals surface area contributed by atoms with Gasteiger partial charge in [0.1, 0.15) is 17.6 Å². The van der Waals surface area contributed by atoms with Crippen LogP contribution >= 0.6 is 0 Å². The number of hydrogen-bond acceptors (Lipinski definition) is 4. The zero-order valence-electron chi connectivity index (χ0n) is 9.71. The molecule has 0 aliphatic rings. The molecule has 0 amide bonds. The Labute approximate surface area is 99.4 Å². The standard InChI is InChI=1S/C13H14O4/c1-15-10-4-3-5-11(16-2)12(10)13(14)9-6-7-17-8-9/h3-8,13-14H,1-2H3. The fourth-order valence-corrected chi connectivity index (χ4v) is 1.75. The van der Waals surface area contributed by atoms with Crippen molar-refractivity contribution < 1.29 is 19.0 Å². The van der Waals surface area contributed by atoms with Gasteiger partial charge in [-0.05, 0) is 18.2 Å². The van der Waals surface area contributed by atoms with Crippen molar-refractivity contribution in [3.05, 3.63) is 47.9 Å². The van der Waals surface area contributed by atoms with E-state index in [-0.39, 0.29) is 0 Å². The lowest BCUT2D eigenvalue weighted by Crippen LogP contribution is -2.04. The summed E-state index contributed by atoms with van der Waals surface area (Å²) in [5, 5.41) is 10.3. The normalized spacial score (nSPS) is 12.2. The molecule has 1 aromatic heterocycles. The van der Waals surface area contributed by atoms with E-state index in [0.717, 1.165) is 0 Å². The Balaban J connectivity index is 2.49. The minimum Gasteiger partial charge on any atom is -0.496 e. The van der Waals surface area contributed by atoms with Crippen molar-refractivity contribution in [1.29, 1.82) is 0 Å². The van der Waals surface area contributed by atoms with Crippen LogP contribution < -0.4 is 9.47 Å². The Morgan fingerprint density at radius 3 is 2.24 bits per heavy atom. The predicted molar refractivity (Wildman–Crippen MR) is 62.3 cm³/mol. The van der Waals surface area contributed by atoms with Gasteiger partial charge in [-0.1, -0.05) is 6.07 Å². The minimum atomic E-state index is -0.833. The maximum Gasteiger partial charge on any atom is 0.128 e. The van der Waals surface area contributed by atoms with Crippen LogP contribution in [0.25, 0.3) is 0 Å². The molecule has 0 saturated heterocycles. The third-order valence-corrected chi connectivity index (χ3v) is 2.60. The zero-order valence-corrected chi connectivity index (χ0v) is 9.71. The number of ether oxygens (including phenoxy) is 2. The Bertz CT molecular complexity index is 454. The van der Waals surface area contributed by atoms with Crippen molar-refractivity contribution in [1.82, 2.24) is 0 Å². The number of hydrogen-bond donors (Lipinski definition) is 1. The van der Waals surface area contributed by atoms with Crippen LogP contribution in [0.15, 0.2) is 41.2 Å². The summed E-state index contributed by atoms with van der Waals surface area (Å²) in [6.07, 6.45) is 2.18. The molecule has 1 N–H and O–H groups in total. The van der Waals surface area contributed by atoms with E-state index < -0.39 is 6.10 Å². The Kier molecular flexibility index (Phi) is 3.35. The lowest BCUT2D eigenvalue weighted by Gasteiger charge is -2.16. The molecule has 2 aromatic rings. The minimum absolute atomic E-state index is 0.582. The van der Waals surface area contributed by atoms with Crippen molar-refractivity contribution in [3.8, 4) is 11.5 Å². The molecule has 0 aliphatic carbocycles. The highest BCUT2D eigenvalue weighted by atomic mass is 16.5. The van der Waals surface area contributed by atoms with Crippen molar-refractivity contribution in [2.24, 2.45) is 0 Å². The zero-order chi connectivity index (χ0) is 12.3. The largest absolute Gasteiger partial charge is 0.496 e. The van der Waals surface area contributed by atoms with Gasteiger partial charge in [-0.2, -0.15) is 0 Å². The molecule has 1 atom stereocenters. The summed E-state index contributed by atoms with van der Waals surface area (Å²) >= 11 is 0. The first-order valence-corrected chi connectivity index (χ1v) is 5.19. The van der Waals surface area contributed by atoms with E-state index in [0.29, 0.717) is 22.6 Å². The monoisotopic (exact) mass is 234 g/mol. The molecule has 0 fully saturated rings. The van der Waals surface area contributed by atoms with Gasteiger partial charge in [0, 0.05) is 5.56 Å². The fraction of sp³-hybridized carbons (Fsp3) is 0.231. The van der Waals surface area contributed by atoms with Gasteiger partial charge < -0.3 is 19.0 Å². The van der Waals surface area contributed by atoms with E-state index in [1.807, 2.05) is 6.07 Å². The smallest absolute Gasteiger partial charge is 0.128 e. The number of aliphatic hydroxyl groups is 1. The molecule has 4 heteroatoms. The van der Waals surface area contributed by atoms with Gasteiger partial charge in [-0.25, -0.2) is 0 Å². The number of benzene rings is 1. The van der Waals surface area contributed by atoms with Gasteiger partial charge in [0.15, 0.2) is 0 Å². The second kappa shape index (κ2) is 4.93. The van der Waals surface area contributed by atoms with Gasteiger partial charge in [-0.3, -0.25) is 0 Å². The van der Waals surface area contributed by atoms with Crippen molar-refractivity contribution in [2.75, 3.05) is 14.2 Å². The van der Waals surface area contributed by atoms with E-state index in [4.69, 9.17) is 13.9 Å². The Hall–Kier alpha value is -1.94. The van der Waals surface area contributed by atoms with Crippen LogP contribution in [0.3, 0.4) is 0 Å². The van der Waals surface area contributed by atoms with Crippen LogP contribution in [-0.4, -0.2) is 19.3 Å². The molecule has 90 valence electrons. The lowest BCUT2D eigenvalue weighted by atomic mass is 10.0. The molecule has 0 bridgehead atoms. The molecular formula is C13H14O4. The van der Waals surface area contributed by atoms with E-state index in [9.17, 15) is 5.11 Å². The quantitative estimate of drug-likeness (QED) is 0.882. The molecule has 1 aromatic carbocycles. The number of methoxy groups -OCH3 is 2. The molecular weight excluding hydrogens is 220 g/mol. The van der Waals surface area contributed by atoms with E-state index in [1.165, 1.54) is 12.5 Å². The van der Waals surface area contributed by atoms with Gasteiger partial charge >= 0.3 is 0 Å². The summed E-state index contributed by atoms with van der Waals surface area (Å²) < 4.78 is 15.4. The molecule has 1 heterocycles. The maximum absolute atomic E-state index is 10.3. The Morgan fingerprint density at radius 1 is 1.12 bits per heavy atom. The van der Waals surface area contributed by atoms with Crippen LogP contribution in [0.4, 0.5) is 0 Å². The van der Waals surface area contributed by atoms with Crippen molar-refractivity contribution in [3.63, 3.8) is 0 Å². The van der Waals surface area contributed by atoms with Crippen LogP contribution in [0, 0.1) is 0 Å². The van der Waals surface area contributed by atoms with Crippen LogP contribution in [0.2, 0.25) is 0 Å². The SMILES string of the molecule is COc1cccc(OC)c1C(O)c1ccoc1. The van der Waals surface area contributed by atoms with Crippen molar-refractivity contribution >= 4 is 0 Å². The second-order valence-corrected chi connectivity index (χ2v) is 3.54. The first-order valence-electron chi connectivity index (χ1n) is 5.19. The first kappa shape index (κ1) is 11.5. The van der Waals surface area contributed by atoms with E-state index in [1.54, 1.807) is 32.4 Å². The van der Waals surface area contributed by atoms with Crippen molar-refractivity contribution in [2.45, 2.75) is 6.10 Å². The van der Waals surface area contributed by atoms with Gasteiger partial charge in [0.25, 0.3) is 0 Å². The average Bonchev–Trinajstić information content (AvgIpc) is 2.90. The van der Waals surface area contributed by atoms with Crippen LogP contribution in [0.5, 0.6) is 11.5 Å². The first-order chi connectivity index (χ1) is 8.27. The number of rotatable bonds is 4. The molecule has 0 spiro atoms. The highest BCUT2D eigenvalue weighted by molar-refractivity contribution is 5.49. The third kappa shape index (κ3) is 2.12. The summed E-state index contributed by atoms with van der Waals surface area (Å²) in [6, 6.07) is 7.07. The lowest BCUT2D eigenvalue weighted by molar-refractivity contribution is 0.208. The summed E-state index contributed by atoms with van der Waals surface area (Å²) in [7, 11) is 3.11. The molecule has 0 aliphatic heterocycles. The van der Waals surface area contributed by atoms with Crippen LogP contribution in [-0.2, 0) is 0 Å². The predicted octanol–water partition coefficient (Wildman–Crippen LogP) is 2.38. The highest BCUT2D eigenvalue weighted by Crippen LogP contribution is 2.37. The molecule has 17 heavy (non-hydrogen) atoms. The second-order valence-electron chi connectivity index (χ2n) is 3.54. The van der Waals surface area contributed by atoms with E-state index >= 15 is 0 Å². The summed E-state index contributed by atoms with van der Waals surface area (Å²) in [6.45, 7) is 0. The number of aliphatic hydroxyl groups excluding tert-OH is 1. The molecule has 4 nitrogen and oxygen atoms in total. The van der Waals surface area contributed by atoms with E-state index in [2.05, 4.69) is 0 Å². The summed E-state index contributed by atoms with van der Waals surface area (Å²) in [4.78, 5) is 0. The Morgan fingerprint density at radius 2 is 1.76 bits per heavy atom. The molecule has 0 saturated carbocycles. The fourth-order valence-electron chi connectivity index (χ4n) is 1.75. The van der Waals surface area contributed by atoms with Gasteiger partial charge in [0.2, 0.25) is 0 Å².